The number of carbonyl (C=O) groups is 2. The highest BCUT2D eigenvalue weighted by Gasteiger charge is 2.14. The van der Waals surface area contributed by atoms with Crippen LogP contribution >= 0.6 is 0 Å². The van der Waals surface area contributed by atoms with E-state index < -0.39 is 11.6 Å². The van der Waals surface area contributed by atoms with Crippen molar-refractivity contribution in [2.75, 3.05) is 6.54 Å². The summed E-state index contributed by atoms with van der Waals surface area (Å²) in [6, 6.07) is 3.23. The molecule has 2 amide bonds. The van der Waals surface area contributed by atoms with Gasteiger partial charge in [-0.1, -0.05) is 6.07 Å². The van der Waals surface area contributed by atoms with Crippen LogP contribution in [0.15, 0.2) is 18.2 Å². The molecule has 0 bridgehead atoms. The SMILES string of the molecule is CC(=O)N(CCc1ccc(F)cc1F)C(C)=O. The van der Waals surface area contributed by atoms with E-state index >= 15 is 0 Å². The highest BCUT2D eigenvalue weighted by atomic mass is 19.1. The fraction of sp³-hybridized carbons (Fsp3) is 0.333. The second-order valence-corrected chi connectivity index (χ2v) is 3.68. The minimum atomic E-state index is -0.669. The van der Waals surface area contributed by atoms with Gasteiger partial charge in [0.1, 0.15) is 11.6 Å². The minimum absolute atomic E-state index is 0.0905. The average molecular weight is 241 g/mol. The number of benzene rings is 1. The van der Waals surface area contributed by atoms with Crippen molar-refractivity contribution < 1.29 is 18.4 Å². The largest absolute Gasteiger partial charge is 0.283 e. The number of nitrogens with zero attached hydrogens (tertiary/aromatic N) is 1. The maximum absolute atomic E-state index is 13.3. The summed E-state index contributed by atoms with van der Waals surface area (Å²) in [6.07, 6.45) is 0.172. The first-order valence-corrected chi connectivity index (χ1v) is 5.14. The van der Waals surface area contributed by atoms with Gasteiger partial charge in [0, 0.05) is 26.5 Å². The van der Waals surface area contributed by atoms with Gasteiger partial charge in [-0.15, -0.1) is 0 Å². The van der Waals surface area contributed by atoms with Crippen molar-refractivity contribution in [1.29, 1.82) is 0 Å². The van der Waals surface area contributed by atoms with Crippen molar-refractivity contribution in [2.24, 2.45) is 0 Å². The second-order valence-electron chi connectivity index (χ2n) is 3.68. The van der Waals surface area contributed by atoms with Crippen molar-refractivity contribution in [3.8, 4) is 0 Å². The van der Waals surface area contributed by atoms with Gasteiger partial charge in [0.15, 0.2) is 0 Å². The lowest BCUT2D eigenvalue weighted by Gasteiger charge is -2.16. The summed E-state index contributed by atoms with van der Waals surface area (Å²) in [7, 11) is 0. The van der Waals surface area contributed by atoms with Gasteiger partial charge in [-0.3, -0.25) is 14.5 Å². The third-order valence-electron chi connectivity index (χ3n) is 2.38. The predicted molar refractivity (Wildman–Crippen MR) is 58.1 cm³/mol. The molecule has 0 spiro atoms. The highest BCUT2D eigenvalue weighted by Crippen LogP contribution is 2.10. The third-order valence-corrected chi connectivity index (χ3v) is 2.38. The molecule has 0 N–H and O–H groups in total. The van der Waals surface area contributed by atoms with Crippen molar-refractivity contribution in [2.45, 2.75) is 20.3 Å². The molecule has 0 saturated carbocycles. The molecule has 92 valence electrons. The van der Waals surface area contributed by atoms with E-state index in [1.54, 1.807) is 0 Å². The normalized spacial score (nSPS) is 10.1. The first-order chi connectivity index (χ1) is 7.91. The van der Waals surface area contributed by atoms with Gasteiger partial charge in [0.2, 0.25) is 11.8 Å². The van der Waals surface area contributed by atoms with E-state index in [0.29, 0.717) is 0 Å². The van der Waals surface area contributed by atoms with Crippen LogP contribution in [0.4, 0.5) is 8.78 Å². The van der Waals surface area contributed by atoms with E-state index in [1.807, 2.05) is 0 Å². The summed E-state index contributed by atoms with van der Waals surface area (Å²) in [5.74, 6) is -2.10. The molecule has 0 aliphatic heterocycles. The Hall–Kier alpha value is -1.78. The minimum Gasteiger partial charge on any atom is -0.283 e. The molecule has 0 radical (unpaired) electrons. The van der Waals surface area contributed by atoms with Crippen LogP contribution in [0.2, 0.25) is 0 Å². The van der Waals surface area contributed by atoms with Gasteiger partial charge < -0.3 is 0 Å². The van der Waals surface area contributed by atoms with Gasteiger partial charge >= 0.3 is 0 Å². The lowest BCUT2D eigenvalue weighted by Crippen LogP contribution is -2.35. The van der Waals surface area contributed by atoms with E-state index in [9.17, 15) is 18.4 Å². The number of halogens is 2. The molecular formula is C12H13F2NO2. The molecule has 1 rings (SSSR count). The van der Waals surface area contributed by atoms with E-state index in [2.05, 4.69) is 0 Å². The van der Waals surface area contributed by atoms with Gasteiger partial charge in [-0.25, -0.2) is 8.78 Å². The fourth-order valence-corrected chi connectivity index (χ4v) is 1.49. The van der Waals surface area contributed by atoms with E-state index in [0.717, 1.165) is 17.0 Å². The summed E-state index contributed by atoms with van der Waals surface area (Å²) >= 11 is 0. The molecule has 0 unspecified atom stereocenters. The molecule has 0 aliphatic carbocycles. The number of imide groups is 1. The molecule has 3 nitrogen and oxygen atoms in total. The Morgan fingerprint density at radius 1 is 1.18 bits per heavy atom. The van der Waals surface area contributed by atoms with Crippen molar-refractivity contribution in [3.05, 3.63) is 35.4 Å². The standard InChI is InChI=1S/C12H13F2NO2/c1-8(16)15(9(2)17)6-5-10-3-4-11(13)7-12(10)14/h3-4,7H,5-6H2,1-2H3. The molecule has 5 heteroatoms. The van der Waals surface area contributed by atoms with Crippen LogP contribution in [0.1, 0.15) is 19.4 Å². The van der Waals surface area contributed by atoms with Crippen molar-refractivity contribution >= 4 is 11.8 Å². The lowest BCUT2D eigenvalue weighted by atomic mass is 10.1. The molecule has 0 atom stereocenters. The molecule has 0 fully saturated rings. The van der Waals surface area contributed by atoms with Crippen LogP contribution < -0.4 is 0 Å². The van der Waals surface area contributed by atoms with Crippen LogP contribution in [-0.2, 0) is 16.0 Å². The Kier molecular flexibility index (Phi) is 4.31. The first kappa shape index (κ1) is 13.3. The summed E-state index contributed by atoms with van der Waals surface area (Å²) in [5, 5.41) is 0. The molecule has 0 saturated heterocycles. The van der Waals surface area contributed by atoms with E-state index in [1.165, 1.54) is 19.9 Å². The van der Waals surface area contributed by atoms with Gasteiger partial charge in [0.05, 0.1) is 0 Å². The van der Waals surface area contributed by atoms with Gasteiger partial charge in [-0.05, 0) is 18.1 Å². The molecule has 0 heterocycles. The zero-order chi connectivity index (χ0) is 13.0. The average Bonchev–Trinajstić information content (AvgIpc) is 2.20. The smallest absolute Gasteiger partial charge is 0.226 e. The van der Waals surface area contributed by atoms with Gasteiger partial charge in [-0.2, -0.15) is 0 Å². The summed E-state index contributed by atoms with van der Waals surface area (Å²) < 4.78 is 25.9. The highest BCUT2D eigenvalue weighted by molar-refractivity contribution is 5.92. The molecule has 17 heavy (non-hydrogen) atoms. The molecule has 0 aliphatic rings. The maximum atomic E-state index is 13.3. The molecule has 1 aromatic carbocycles. The molecule has 0 aromatic heterocycles. The van der Waals surface area contributed by atoms with E-state index in [4.69, 9.17) is 0 Å². The van der Waals surface area contributed by atoms with Crippen LogP contribution in [0, 0.1) is 11.6 Å². The zero-order valence-electron chi connectivity index (χ0n) is 9.67. The second kappa shape index (κ2) is 5.52. The maximum Gasteiger partial charge on any atom is 0.226 e. The lowest BCUT2D eigenvalue weighted by molar-refractivity contribution is -0.142. The number of rotatable bonds is 3. The monoisotopic (exact) mass is 241 g/mol. The van der Waals surface area contributed by atoms with Crippen LogP contribution in [0.3, 0.4) is 0 Å². The third kappa shape index (κ3) is 3.62. The quantitative estimate of drug-likeness (QED) is 0.810. The fourth-order valence-electron chi connectivity index (χ4n) is 1.49. The number of hydrogen-bond donors (Lipinski definition) is 0. The molecular weight excluding hydrogens is 228 g/mol. The van der Waals surface area contributed by atoms with Gasteiger partial charge in [0.25, 0.3) is 0 Å². The Labute approximate surface area is 98.0 Å². The van der Waals surface area contributed by atoms with Crippen molar-refractivity contribution in [1.82, 2.24) is 4.90 Å². The van der Waals surface area contributed by atoms with E-state index in [-0.39, 0.29) is 30.3 Å². The summed E-state index contributed by atoms with van der Waals surface area (Å²) in [4.78, 5) is 23.2. The Morgan fingerprint density at radius 3 is 2.24 bits per heavy atom. The topological polar surface area (TPSA) is 37.4 Å². The first-order valence-electron chi connectivity index (χ1n) is 5.14. The zero-order valence-corrected chi connectivity index (χ0v) is 9.67. The number of carbonyl (C=O) groups excluding carboxylic acids is 2. The summed E-state index contributed by atoms with van der Waals surface area (Å²) in [5.41, 5.74) is 0.277. The Bertz CT molecular complexity index is 432. The number of amides is 2. The summed E-state index contributed by atoms with van der Waals surface area (Å²) in [6.45, 7) is 2.62. The number of hydrogen-bond acceptors (Lipinski definition) is 2. The Morgan fingerprint density at radius 2 is 1.76 bits per heavy atom. The Balaban J connectivity index is 2.72. The molecule has 1 aromatic rings. The van der Waals surface area contributed by atoms with Crippen LogP contribution in [-0.4, -0.2) is 23.3 Å². The predicted octanol–water partition coefficient (Wildman–Crippen LogP) is 1.90. The van der Waals surface area contributed by atoms with Crippen LogP contribution in [0.5, 0.6) is 0 Å². The van der Waals surface area contributed by atoms with Crippen LogP contribution in [0.25, 0.3) is 0 Å². The van der Waals surface area contributed by atoms with Crippen molar-refractivity contribution in [3.63, 3.8) is 0 Å².